The number of pyridine rings is 1. The molecule has 1 aliphatic heterocycles. The van der Waals surface area contributed by atoms with Gasteiger partial charge in [0, 0.05) is 38.1 Å². The Labute approximate surface area is 160 Å². The summed E-state index contributed by atoms with van der Waals surface area (Å²) in [5.74, 6) is 0.263. The van der Waals surface area contributed by atoms with Crippen LogP contribution in [-0.2, 0) is 12.8 Å². The van der Waals surface area contributed by atoms with E-state index in [1.54, 1.807) is 4.90 Å². The molecule has 1 aromatic carbocycles. The third-order valence-electron chi connectivity index (χ3n) is 5.85. The lowest BCUT2D eigenvalue weighted by Gasteiger charge is -2.23. The normalized spacial score (nSPS) is 19.0. The summed E-state index contributed by atoms with van der Waals surface area (Å²) in [4.78, 5) is 32.3. The fourth-order valence-corrected chi connectivity index (χ4v) is 4.36. The summed E-state index contributed by atoms with van der Waals surface area (Å²) in [7, 11) is 1.81. The molecule has 1 atom stereocenters. The number of aromatic amines is 1. The predicted molar refractivity (Wildman–Crippen MR) is 107 cm³/mol. The van der Waals surface area contributed by atoms with Crippen molar-refractivity contribution in [3.63, 3.8) is 0 Å². The molecule has 0 bridgehead atoms. The Morgan fingerprint density at radius 1 is 1.22 bits per heavy atom. The maximum absolute atomic E-state index is 12.9. The molecule has 0 radical (unpaired) electrons. The van der Waals surface area contributed by atoms with Crippen LogP contribution in [0.1, 0.15) is 40.9 Å². The molecule has 1 amide bonds. The molecule has 5 heteroatoms. The standard InChI is InChI=1S/C22H27N3O2/c1-24(14-16-11-12-25(15-16)18-8-3-2-4-9-18)22(27)19-13-17-7-5-6-10-20(17)23-21(19)26/h2-4,8-9,13,16H,5-7,10-12,14-15H2,1H3,(H,23,26)/t16-/m0/s1. The number of fused-ring (bicyclic) bond motifs is 1. The van der Waals surface area contributed by atoms with E-state index in [9.17, 15) is 9.59 Å². The van der Waals surface area contributed by atoms with Crippen LogP contribution in [0.4, 0.5) is 5.69 Å². The average Bonchev–Trinajstić information content (AvgIpc) is 3.16. The van der Waals surface area contributed by atoms with Crippen molar-refractivity contribution in [1.82, 2.24) is 9.88 Å². The maximum Gasteiger partial charge on any atom is 0.261 e. The lowest BCUT2D eigenvalue weighted by Crippen LogP contribution is -2.36. The van der Waals surface area contributed by atoms with Crippen molar-refractivity contribution >= 4 is 11.6 Å². The van der Waals surface area contributed by atoms with Crippen molar-refractivity contribution in [1.29, 1.82) is 0 Å². The van der Waals surface area contributed by atoms with Crippen molar-refractivity contribution in [2.75, 3.05) is 31.6 Å². The number of aryl methyl sites for hydroxylation is 2. The highest BCUT2D eigenvalue weighted by Gasteiger charge is 2.26. The second-order valence-corrected chi connectivity index (χ2v) is 7.84. The fraction of sp³-hybridized carbons (Fsp3) is 0.455. The van der Waals surface area contributed by atoms with E-state index in [1.807, 2.05) is 19.2 Å². The first-order chi connectivity index (χ1) is 13.1. The topological polar surface area (TPSA) is 56.4 Å². The first-order valence-electron chi connectivity index (χ1n) is 9.92. The molecule has 0 spiro atoms. The van der Waals surface area contributed by atoms with E-state index in [4.69, 9.17) is 0 Å². The number of anilines is 1. The van der Waals surface area contributed by atoms with E-state index in [2.05, 4.69) is 34.1 Å². The van der Waals surface area contributed by atoms with Gasteiger partial charge in [-0.2, -0.15) is 0 Å². The van der Waals surface area contributed by atoms with Crippen LogP contribution in [-0.4, -0.2) is 42.5 Å². The Bertz CT molecular complexity index is 875. The van der Waals surface area contributed by atoms with Gasteiger partial charge in [-0.05, 0) is 61.8 Å². The highest BCUT2D eigenvalue weighted by atomic mass is 16.2. The van der Waals surface area contributed by atoms with Crippen LogP contribution in [0.15, 0.2) is 41.2 Å². The van der Waals surface area contributed by atoms with Crippen LogP contribution >= 0.6 is 0 Å². The number of hydrogen-bond donors (Lipinski definition) is 1. The number of benzene rings is 1. The molecule has 1 N–H and O–H groups in total. The average molecular weight is 365 g/mol. The van der Waals surface area contributed by atoms with Crippen LogP contribution in [0.5, 0.6) is 0 Å². The number of aromatic nitrogens is 1. The molecule has 142 valence electrons. The van der Waals surface area contributed by atoms with Crippen molar-refractivity contribution in [3.8, 4) is 0 Å². The van der Waals surface area contributed by atoms with Crippen LogP contribution in [0.2, 0.25) is 0 Å². The summed E-state index contributed by atoms with van der Waals surface area (Å²) in [5.41, 5.74) is 3.43. The summed E-state index contributed by atoms with van der Waals surface area (Å²) >= 11 is 0. The van der Waals surface area contributed by atoms with Crippen molar-refractivity contribution in [2.24, 2.45) is 5.92 Å². The van der Waals surface area contributed by atoms with Crippen LogP contribution in [0, 0.1) is 5.92 Å². The molecule has 27 heavy (non-hydrogen) atoms. The Morgan fingerprint density at radius 2 is 2.00 bits per heavy atom. The molecule has 0 saturated carbocycles. The van der Waals surface area contributed by atoms with Crippen LogP contribution < -0.4 is 10.5 Å². The van der Waals surface area contributed by atoms with Gasteiger partial charge in [-0.15, -0.1) is 0 Å². The lowest BCUT2D eigenvalue weighted by atomic mass is 9.95. The van der Waals surface area contributed by atoms with E-state index < -0.39 is 0 Å². The zero-order valence-corrected chi connectivity index (χ0v) is 15.9. The van der Waals surface area contributed by atoms with Crippen molar-refractivity contribution < 1.29 is 4.79 Å². The minimum absolute atomic E-state index is 0.164. The Hall–Kier alpha value is -2.56. The SMILES string of the molecule is CN(C[C@@H]1CCN(c2ccccc2)C1)C(=O)c1cc2c([nH]c1=O)CCCC2. The second-order valence-electron chi connectivity index (χ2n) is 7.84. The van der Waals surface area contributed by atoms with Gasteiger partial charge in [-0.1, -0.05) is 18.2 Å². The fourth-order valence-electron chi connectivity index (χ4n) is 4.36. The predicted octanol–water partition coefficient (Wildman–Crippen LogP) is 2.85. The van der Waals surface area contributed by atoms with E-state index in [0.29, 0.717) is 12.5 Å². The third-order valence-corrected chi connectivity index (χ3v) is 5.85. The van der Waals surface area contributed by atoms with Crippen LogP contribution in [0.25, 0.3) is 0 Å². The Balaban J connectivity index is 1.42. The molecule has 0 unspecified atom stereocenters. The first-order valence-corrected chi connectivity index (χ1v) is 9.92. The smallest absolute Gasteiger partial charge is 0.261 e. The van der Waals surface area contributed by atoms with Gasteiger partial charge in [0.1, 0.15) is 5.56 Å². The Kier molecular flexibility index (Phi) is 5.01. The molecule has 2 heterocycles. The van der Waals surface area contributed by atoms with Crippen molar-refractivity contribution in [2.45, 2.75) is 32.1 Å². The maximum atomic E-state index is 12.9. The molecule has 1 aromatic heterocycles. The number of carbonyl (C=O) groups is 1. The minimum Gasteiger partial charge on any atom is -0.371 e. The third kappa shape index (κ3) is 3.77. The highest BCUT2D eigenvalue weighted by molar-refractivity contribution is 5.94. The monoisotopic (exact) mass is 365 g/mol. The summed E-state index contributed by atoms with van der Waals surface area (Å²) < 4.78 is 0. The number of carbonyl (C=O) groups excluding carboxylic acids is 1. The first kappa shape index (κ1) is 17.8. The molecule has 1 fully saturated rings. The number of nitrogens with zero attached hydrogens (tertiary/aromatic N) is 2. The molecular weight excluding hydrogens is 338 g/mol. The molecule has 2 aromatic rings. The zero-order chi connectivity index (χ0) is 18.8. The number of para-hydroxylation sites is 1. The zero-order valence-electron chi connectivity index (χ0n) is 15.9. The lowest BCUT2D eigenvalue weighted by molar-refractivity contribution is 0.0774. The Morgan fingerprint density at radius 3 is 2.81 bits per heavy atom. The molecular formula is C22H27N3O2. The minimum atomic E-state index is -0.246. The summed E-state index contributed by atoms with van der Waals surface area (Å²) in [5, 5.41) is 0. The number of hydrogen-bond acceptors (Lipinski definition) is 3. The number of rotatable bonds is 4. The largest absolute Gasteiger partial charge is 0.371 e. The molecule has 1 aliphatic carbocycles. The van der Waals surface area contributed by atoms with E-state index >= 15 is 0 Å². The van der Waals surface area contributed by atoms with Gasteiger partial charge in [-0.3, -0.25) is 9.59 Å². The van der Waals surface area contributed by atoms with Crippen LogP contribution in [0.3, 0.4) is 0 Å². The molecule has 2 aliphatic rings. The van der Waals surface area contributed by atoms with E-state index in [-0.39, 0.29) is 17.0 Å². The van der Waals surface area contributed by atoms with Gasteiger partial charge >= 0.3 is 0 Å². The quantitative estimate of drug-likeness (QED) is 0.906. The van der Waals surface area contributed by atoms with Crippen molar-refractivity contribution in [3.05, 3.63) is 63.6 Å². The number of nitrogens with one attached hydrogen (secondary N) is 1. The highest BCUT2D eigenvalue weighted by Crippen LogP contribution is 2.24. The van der Waals surface area contributed by atoms with E-state index in [1.165, 1.54) is 5.69 Å². The summed E-state index contributed by atoms with van der Waals surface area (Å²) in [6, 6.07) is 12.2. The molecule has 1 saturated heterocycles. The summed E-state index contributed by atoms with van der Waals surface area (Å²) in [6.45, 7) is 2.64. The number of amides is 1. The second kappa shape index (κ2) is 7.59. The molecule has 5 nitrogen and oxygen atoms in total. The summed E-state index contributed by atoms with van der Waals surface area (Å²) in [6.07, 6.45) is 5.15. The van der Waals surface area contributed by atoms with E-state index in [0.717, 1.165) is 56.5 Å². The molecule has 4 rings (SSSR count). The number of H-pyrrole nitrogens is 1. The van der Waals surface area contributed by atoms with Gasteiger partial charge in [0.15, 0.2) is 0 Å². The van der Waals surface area contributed by atoms with Gasteiger partial charge in [0.05, 0.1) is 0 Å². The van der Waals surface area contributed by atoms with Gasteiger partial charge in [-0.25, -0.2) is 0 Å². The van der Waals surface area contributed by atoms with Gasteiger partial charge < -0.3 is 14.8 Å². The van der Waals surface area contributed by atoms with Gasteiger partial charge in [0.25, 0.3) is 11.5 Å². The van der Waals surface area contributed by atoms with Gasteiger partial charge in [0.2, 0.25) is 0 Å².